The Kier molecular flexibility index (Phi) is 6.57. The van der Waals surface area contributed by atoms with E-state index >= 15 is 0 Å². The van der Waals surface area contributed by atoms with E-state index in [0.717, 1.165) is 0 Å². The molecule has 0 unspecified atom stereocenters. The van der Waals surface area contributed by atoms with Gasteiger partial charge in [0.1, 0.15) is 18.1 Å². The second-order valence-electron chi connectivity index (χ2n) is 5.62. The van der Waals surface area contributed by atoms with Gasteiger partial charge in [-0.2, -0.15) is 0 Å². The Morgan fingerprint density at radius 1 is 1.00 bits per heavy atom. The lowest BCUT2D eigenvalue weighted by atomic mass is 10.3. The molecule has 0 radical (unpaired) electrons. The molecule has 1 aromatic heterocycles. The van der Waals surface area contributed by atoms with Gasteiger partial charge in [0.05, 0.1) is 10.7 Å². The van der Waals surface area contributed by atoms with Crippen molar-refractivity contribution in [2.24, 2.45) is 0 Å². The van der Waals surface area contributed by atoms with Gasteiger partial charge in [-0.1, -0.05) is 41.4 Å². The number of carbonyl (C=O) groups is 2. The Labute approximate surface area is 171 Å². The Morgan fingerprint density at radius 3 is 2.54 bits per heavy atom. The van der Waals surface area contributed by atoms with E-state index in [1.807, 2.05) is 30.3 Å². The predicted octanol–water partition coefficient (Wildman–Crippen LogP) is 4.96. The van der Waals surface area contributed by atoms with Gasteiger partial charge >= 0.3 is 5.97 Å². The molecule has 0 aliphatic heterocycles. The molecule has 8 heteroatoms. The molecule has 3 rings (SSSR count). The van der Waals surface area contributed by atoms with Gasteiger partial charge < -0.3 is 19.2 Å². The molecule has 0 spiro atoms. The summed E-state index contributed by atoms with van der Waals surface area (Å²) in [5.41, 5.74) is 0.366. The molecule has 144 valence electrons. The maximum atomic E-state index is 12.0. The van der Waals surface area contributed by atoms with Gasteiger partial charge in [0.15, 0.2) is 6.61 Å². The highest BCUT2D eigenvalue weighted by atomic mass is 35.5. The number of nitrogens with one attached hydrogen (secondary N) is 1. The molecule has 6 nitrogen and oxygen atoms in total. The van der Waals surface area contributed by atoms with Crippen molar-refractivity contribution >= 4 is 40.8 Å². The van der Waals surface area contributed by atoms with Gasteiger partial charge in [0.25, 0.3) is 5.91 Å². The Balaban J connectivity index is 1.48. The normalized spacial score (nSPS) is 10.4. The van der Waals surface area contributed by atoms with Crippen molar-refractivity contribution in [3.63, 3.8) is 0 Å². The number of carbonyl (C=O) groups excluding carboxylic acids is 2. The summed E-state index contributed by atoms with van der Waals surface area (Å²) in [5.74, 6) is -0.196. The van der Waals surface area contributed by atoms with Crippen LogP contribution in [0.5, 0.6) is 5.75 Å². The number of ether oxygens (including phenoxy) is 2. The highest BCUT2D eigenvalue weighted by molar-refractivity contribution is 6.36. The number of anilines is 1. The summed E-state index contributed by atoms with van der Waals surface area (Å²) in [6.07, 6.45) is 0. The van der Waals surface area contributed by atoms with Crippen molar-refractivity contribution in [3.05, 3.63) is 82.2 Å². The Hall–Kier alpha value is -2.96. The fourth-order valence-electron chi connectivity index (χ4n) is 2.22. The predicted molar refractivity (Wildman–Crippen MR) is 105 cm³/mol. The van der Waals surface area contributed by atoms with Crippen molar-refractivity contribution < 1.29 is 23.5 Å². The van der Waals surface area contributed by atoms with Crippen LogP contribution in [0.2, 0.25) is 10.0 Å². The summed E-state index contributed by atoms with van der Waals surface area (Å²) in [6, 6.07) is 16.9. The summed E-state index contributed by atoms with van der Waals surface area (Å²) in [5, 5.41) is 3.25. The van der Waals surface area contributed by atoms with Crippen molar-refractivity contribution in [1.82, 2.24) is 0 Å². The highest BCUT2D eigenvalue weighted by Crippen LogP contribution is 2.25. The number of hydrogen-bond donors (Lipinski definition) is 1. The summed E-state index contributed by atoms with van der Waals surface area (Å²) >= 11 is 11.8. The molecule has 1 amide bonds. The summed E-state index contributed by atoms with van der Waals surface area (Å²) in [4.78, 5) is 23.9. The number of benzene rings is 2. The first-order valence-corrected chi connectivity index (χ1v) is 8.95. The second-order valence-corrected chi connectivity index (χ2v) is 6.46. The van der Waals surface area contributed by atoms with Crippen LogP contribution < -0.4 is 10.1 Å². The molecule has 0 saturated carbocycles. The SMILES string of the molecule is O=C(COC(=O)c1ccc(COc2ccccc2)o1)Nc1ccc(Cl)cc1Cl. The molecule has 0 atom stereocenters. The number of para-hydroxylation sites is 1. The van der Waals surface area contributed by atoms with E-state index in [0.29, 0.717) is 22.2 Å². The molecule has 28 heavy (non-hydrogen) atoms. The zero-order valence-electron chi connectivity index (χ0n) is 14.5. The third-order valence-electron chi connectivity index (χ3n) is 3.53. The maximum absolute atomic E-state index is 12.0. The third kappa shape index (κ3) is 5.52. The lowest BCUT2D eigenvalue weighted by Gasteiger charge is -2.07. The van der Waals surface area contributed by atoms with E-state index in [1.54, 1.807) is 18.2 Å². The molecule has 0 bridgehead atoms. The van der Waals surface area contributed by atoms with Crippen molar-refractivity contribution in [2.75, 3.05) is 11.9 Å². The zero-order valence-corrected chi connectivity index (χ0v) is 16.0. The summed E-state index contributed by atoms with van der Waals surface area (Å²) < 4.78 is 15.9. The minimum Gasteiger partial charge on any atom is -0.486 e. The summed E-state index contributed by atoms with van der Waals surface area (Å²) in [6.45, 7) is -0.332. The van der Waals surface area contributed by atoms with Crippen LogP contribution in [-0.4, -0.2) is 18.5 Å². The van der Waals surface area contributed by atoms with E-state index in [-0.39, 0.29) is 17.4 Å². The fraction of sp³-hybridized carbons (Fsp3) is 0.100. The van der Waals surface area contributed by atoms with Gasteiger partial charge in [0, 0.05) is 5.02 Å². The Morgan fingerprint density at radius 2 is 1.79 bits per heavy atom. The lowest BCUT2D eigenvalue weighted by molar-refractivity contribution is -0.119. The molecule has 1 heterocycles. The van der Waals surface area contributed by atoms with Crippen LogP contribution in [-0.2, 0) is 16.1 Å². The van der Waals surface area contributed by atoms with E-state index in [4.69, 9.17) is 37.1 Å². The van der Waals surface area contributed by atoms with E-state index in [2.05, 4.69) is 5.32 Å². The minimum atomic E-state index is -0.761. The van der Waals surface area contributed by atoms with Gasteiger partial charge in [-0.25, -0.2) is 4.79 Å². The first-order chi connectivity index (χ1) is 13.5. The van der Waals surface area contributed by atoms with E-state index in [9.17, 15) is 9.59 Å². The van der Waals surface area contributed by atoms with Crippen molar-refractivity contribution in [3.8, 4) is 5.75 Å². The van der Waals surface area contributed by atoms with Gasteiger partial charge in [0.2, 0.25) is 5.76 Å². The Bertz CT molecular complexity index is 972. The van der Waals surface area contributed by atoms with Gasteiger partial charge in [-0.3, -0.25) is 4.79 Å². The molecule has 0 aliphatic carbocycles. The smallest absolute Gasteiger partial charge is 0.374 e. The molecular weight excluding hydrogens is 405 g/mol. The molecule has 0 fully saturated rings. The van der Waals surface area contributed by atoms with E-state index < -0.39 is 18.5 Å². The maximum Gasteiger partial charge on any atom is 0.374 e. The lowest BCUT2D eigenvalue weighted by Crippen LogP contribution is -2.20. The van der Waals surface area contributed by atoms with Gasteiger partial charge in [-0.15, -0.1) is 0 Å². The molecule has 3 aromatic rings. The van der Waals surface area contributed by atoms with Gasteiger partial charge in [-0.05, 0) is 42.5 Å². The number of amides is 1. The van der Waals surface area contributed by atoms with Crippen LogP contribution in [0.15, 0.2) is 65.1 Å². The van der Waals surface area contributed by atoms with Crippen LogP contribution >= 0.6 is 23.2 Å². The standard InChI is InChI=1S/C20H15Cl2NO5/c21-13-6-8-17(16(22)10-13)23-19(24)12-27-20(25)18-9-7-15(28-18)11-26-14-4-2-1-3-5-14/h1-10H,11-12H2,(H,23,24). The third-order valence-corrected chi connectivity index (χ3v) is 4.07. The van der Waals surface area contributed by atoms with Crippen LogP contribution in [0.3, 0.4) is 0 Å². The van der Waals surface area contributed by atoms with Crippen LogP contribution in [0.1, 0.15) is 16.3 Å². The van der Waals surface area contributed by atoms with Crippen molar-refractivity contribution in [2.45, 2.75) is 6.61 Å². The average Bonchev–Trinajstić information content (AvgIpc) is 3.17. The number of furan rings is 1. The average molecular weight is 420 g/mol. The van der Waals surface area contributed by atoms with E-state index in [1.165, 1.54) is 12.1 Å². The number of hydrogen-bond acceptors (Lipinski definition) is 5. The topological polar surface area (TPSA) is 77.8 Å². The highest BCUT2D eigenvalue weighted by Gasteiger charge is 2.15. The largest absolute Gasteiger partial charge is 0.486 e. The minimum absolute atomic E-state index is 0.0241. The molecule has 0 aliphatic rings. The zero-order chi connectivity index (χ0) is 19.9. The number of esters is 1. The second kappa shape index (κ2) is 9.30. The first kappa shape index (κ1) is 19.8. The summed E-state index contributed by atoms with van der Waals surface area (Å²) in [7, 11) is 0. The first-order valence-electron chi connectivity index (χ1n) is 8.20. The number of halogens is 2. The van der Waals surface area contributed by atoms with Crippen LogP contribution in [0.4, 0.5) is 5.69 Å². The van der Waals surface area contributed by atoms with Crippen molar-refractivity contribution in [1.29, 1.82) is 0 Å². The quantitative estimate of drug-likeness (QED) is 0.547. The monoisotopic (exact) mass is 419 g/mol. The molecule has 0 saturated heterocycles. The number of rotatable bonds is 7. The fourth-order valence-corrected chi connectivity index (χ4v) is 2.67. The molecular formula is C20H15Cl2NO5. The molecule has 2 aromatic carbocycles. The molecule has 1 N–H and O–H groups in total. The van der Waals surface area contributed by atoms with Crippen LogP contribution in [0, 0.1) is 0 Å². The van der Waals surface area contributed by atoms with Crippen LogP contribution in [0.25, 0.3) is 0 Å².